The van der Waals surface area contributed by atoms with Gasteiger partial charge in [-0.05, 0) is 13.8 Å². The first kappa shape index (κ1) is 8.80. The maximum Gasteiger partial charge on any atom is 0.320 e. The largest absolute Gasteiger partial charge is 0.320 e. The molecule has 1 aliphatic rings. The van der Waals surface area contributed by atoms with Crippen molar-refractivity contribution in [2.45, 2.75) is 25.8 Å². The topological polar surface area (TPSA) is 58.5 Å². The van der Waals surface area contributed by atoms with Crippen molar-refractivity contribution in [3.05, 3.63) is 0 Å². The zero-order chi connectivity index (χ0) is 8.70. The second-order valence-corrected chi connectivity index (χ2v) is 5.39. The van der Waals surface area contributed by atoms with E-state index >= 15 is 0 Å². The lowest BCUT2D eigenvalue weighted by Gasteiger charge is -2.30. The van der Waals surface area contributed by atoms with Crippen LogP contribution < -0.4 is 4.72 Å². The number of halogens is 1. The molecule has 0 saturated carbocycles. The molecule has 0 bridgehead atoms. The molecule has 6 heteroatoms. The van der Waals surface area contributed by atoms with Crippen LogP contribution in [0, 0.1) is 0 Å². The highest BCUT2D eigenvalue weighted by Crippen LogP contribution is 2.24. The Labute approximate surface area is 70.2 Å². The average molecular weight is 197 g/mol. The molecule has 0 aromatic carbocycles. The average Bonchev–Trinajstić information content (AvgIpc) is 1.53. The molecule has 1 N–H and O–H groups in total. The third kappa shape index (κ3) is 2.67. The van der Waals surface area contributed by atoms with Gasteiger partial charge in [0.05, 0.1) is 5.54 Å². The fraction of sp³-hybridized carbons (Fsp3) is 0.800. The van der Waals surface area contributed by atoms with E-state index < -0.39 is 9.24 Å². The smallest absolute Gasteiger partial charge is 0.265 e. The monoisotopic (exact) mass is 196 g/mol. The summed E-state index contributed by atoms with van der Waals surface area (Å²) in [7, 11) is 1.27. The summed E-state index contributed by atoms with van der Waals surface area (Å²) in [5.74, 6) is 0.435. The molecule has 0 amide bonds. The molecule has 0 radical (unpaired) electrons. The number of amidine groups is 1. The lowest BCUT2D eigenvalue weighted by molar-refractivity contribution is 0.488. The first-order chi connectivity index (χ1) is 4.79. The Morgan fingerprint density at radius 3 is 2.36 bits per heavy atom. The molecule has 1 aliphatic heterocycles. The Morgan fingerprint density at radius 1 is 1.64 bits per heavy atom. The summed E-state index contributed by atoms with van der Waals surface area (Å²) in [6.07, 6.45) is 0.624. The van der Waals surface area contributed by atoms with Crippen molar-refractivity contribution >= 4 is 25.8 Å². The van der Waals surface area contributed by atoms with Crippen LogP contribution in [0.1, 0.15) is 20.3 Å². The predicted molar refractivity (Wildman–Crippen MR) is 44.0 cm³/mol. The number of nitrogens with one attached hydrogen (secondary N) is 1. The van der Waals surface area contributed by atoms with E-state index in [0.29, 0.717) is 12.3 Å². The van der Waals surface area contributed by atoms with E-state index in [1.54, 1.807) is 0 Å². The van der Waals surface area contributed by atoms with Gasteiger partial charge in [0, 0.05) is 17.1 Å². The van der Waals surface area contributed by atoms with Crippen molar-refractivity contribution in [2.75, 3.05) is 0 Å². The zero-order valence-corrected chi connectivity index (χ0v) is 7.83. The van der Waals surface area contributed by atoms with Gasteiger partial charge in [-0.3, -0.25) is 9.71 Å². The molecular weight excluding hydrogens is 188 g/mol. The maximum atomic E-state index is 10.4. The van der Waals surface area contributed by atoms with Crippen LogP contribution in [0.4, 0.5) is 0 Å². The van der Waals surface area contributed by atoms with E-state index in [0.717, 1.165) is 0 Å². The van der Waals surface area contributed by atoms with Crippen molar-refractivity contribution in [1.29, 1.82) is 0 Å². The number of aliphatic imine (C=N–C) groups is 1. The molecule has 0 aromatic heterocycles. The Kier molecular flexibility index (Phi) is 1.88. The standard InChI is InChI=1S/C5H9ClN2O2S/c1-5(2)3-4(7-5)8-11(6,9)10/h3H2,1-2H3,(H,7,8). The van der Waals surface area contributed by atoms with E-state index in [9.17, 15) is 8.42 Å². The van der Waals surface area contributed by atoms with E-state index in [1.165, 1.54) is 0 Å². The minimum atomic E-state index is -3.64. The highest BCUT2D eigenvalue weighted by Gasteiger charge is 2.30. The number of hydrogen-bond donors (Lipinski definition) is 1. The summed E-state index contributed by atoms with van der Waals surface area (Å²) in [4.78, 5) is 3.98. The van der Waals surface area contributed by atoms with Gasteiger partial charge in [-0.2, -0.15) is 8.42 Å². The van der Waals surface area contributed by atoms with Crippen molar-refractivity contribution in [2.24, 2.45) is 4.99 Å². The van der Waals surface area contributed by atoms with Crippen LogP contribution >= 0.6 is 10.7 Å². The Morgan fingerprint density at radius 2 is 2.09 bits per heavy atom. The minimum absolute atomic E-state index is 0.135. The molecule has 0 spiro atoms. The summed E-state index contributed by atoms with van der Waals surface area (Å²) in [5.41, 5.74) is -0.135. The zero-order valence-electron chi connectivity index (χ0n) is 6.26. The SMILES string of the molecule is CC1(C)CC(NS(=O)(=O)Cl)=N1. The third-order valence-electron chi connectivity index (χ3n) is 1.28. The second-order valence-electron chi connectivity index (χ2n) is 3.09. The molecule has 0 atom stereocenters. The second kappa shape index (κ2) is 2.35. The maximum absolute atomic E-state index is 10.4. The van der Waals surface area contributed by atoms with Gasteiger partial charge >= 0.3 is 9.24 Å². The molecule has 0 fully saturated rings. The quantitative estimate of drug-likeness (QED) is 0.626. The van der Waals surface area contributed by atoms with Gasteiger partial charge in [-0.25, -0.2) is 0 Å². The first-order valence-electron chi connectivity index (χ1n) is 3.10. The highest BCUT2D eigenvalue weighted by molar-refractivity contribution is 8.12. The summed E-state index contributed by atoms with van der Waals surface area (Å²) in [5, 5.41) is 0. The number of nitrogens with zero attached hydrogens (tertiary/aromatic N) is 1. The Balaban J connectivity index is 2.59. The number of hydrogen-bond acceptors (Lipinski definition) is 3. The lowest BCUT2D eigenvalue weighted by Crippen LogP contribution is -2.42. The van der Waals surface area contributed by atoms with Crippen LogP contribution in [0.15, 0.2) is 4.99 Å². The summed E-state index contributed by atoms with van der Waals surface area (Å²) < 4.78 is 22.9. The summed E-state index contributed by atoms with van der Waals surface area (Å²) in [6, 6.07) is 0. The molecule has 1 rings (SSSR count). The Hall–Kier alpha value is -0.290. The first-order valence-corrected chi connectivity index (χ1v) is 5.41. The van der Waals surface area contributed by atoms with E-state index in [-0.39, 0.29) is 5.54 Å². The third-order valence-corrected chi connectivity index (χ3v) is 1.99. The number of rotatable bonds is 1. The van der Waals surface area contributed by atoms with Crippen LogP contribution in [0.3, 0.4) is 0 Å². The highest BCUT2D eigenvalue weighted by atomic mass is 35.7. The van der Waals surface area contributed by atoms with E-state index in [1.807, 2.05) is 13.8 Å². The van der Waals surface area contributed by atoms with Gasteiger partial charge in [-0.15, -0.1) is 0 Å². The van der Waals surface area contributed by atoms with Gasteiger partial charge in [0.25, 0.3) is 0 Å². The molecule has 4 nitrogen and oxygen atoms in total. The molecular formula is C5H9ClN2O2S. The summed E-state index contributed by atoms with van der Waals surface area (Å²) >= 11 is 0. The molecule has 1 heterocycles. The van der Waals surface area contributed by atoms with Crippen molar-refractivity contribution in [3.8, 4) is 0 Å². The lowest BCUT2D eigenvalue weighted by atomic mass is 9.95. The van der Waals surface area contributed by atoms with E-state index in [2.05, 4.69) is 9.71 Å². The van der Waals surface area contributed by atoms with Crippen molar-refractivity contribution < 1.29 is 8.42 Å². The van der Waals surface area contributed by atoms with Crippen LogP contribution in [-0.2, 0) is 9.24 Å². The molecule has 0 saturated heterocycles. The van der Waals surface area contributed by atoms with Crippen molar-refractivity contribution in [3.63, 3.8) is 0 Å². The molecule has 11 heavy (non-hydrogen) atoms. The van der Waals surface area contributed by atoms with Gasteiger partial charge < -0.3 is 0 Å². The van der Waals surface area contributed by atoms with Gasteiger partial charge in [0.2, 0.25) is 0 Å². The molecule has 0 aliphatic carbocycles. The van der Waals surface area contributed by atoms with Crippen molar-refractivity contribution in [1.82, 2.24) is 4.72 Å². The molecule has 0 unspecified atom stereocenters. The van der Waals surface area contributed by atoms with E-state index in [4.69, 9.17) is 10.7 Å². The molecule has 0 aromatic rings. The fourth-order valence-corrected chi connectivity index (χ4v) is 1.63. The van der Waals surface area contributed by atoms with Crippen LogP contribution in [-0.4, -0.2) is 19.8 Å². The van der Waals surface area contributed by atoms with Gasteiger partial charge in [0.15, 0.2) is 0 Å². The van der Waals surface area contributed by atoms with Crippen LogP contribution in [0.25, 0.3) is 0 Å². The van der Waals surface area contributed by atoms with Gasteiger partial charge in [0.1, 0.15) is 5.84 Å². The summed E-state index contributed by atoms with van der Waals surface area (Å²) in [6.45, 7) is 3.83. The predicted octanol–water partition coefficient (Wildman–Crippen LogP) is 0.640. The fourth-order valence-electron chi connectivity index (χ4n) is 0.963. The molecule has 64 valence electrons. The van der Waals surface area contributed by atoms with Crippen LogP contribution in [0.2, 0.25) is 0 Å². The Bertz CT molecular complexity index is 294. The van der Waals surface area contributed by atoms with Gasteiger partial charge in [-0.1, -0.05) is 0 Å². The van der Waals surface area contributed by atoms with Crippen LogP contribution in [0.5, 0.6) is 0 Å². The normalized spacial score (nSPS) is 21.9. The minimum Gasteiger partial charge on any atom is -0.265 e.